The third kappa shape index (κ3) is 10.4. The van der Waals surface area contributed by atoms with Gasteiger partial charge in [-0.1, -0.05) is 158 Å². The summed E-state index contributed by atoms with van der Waals surface area (Å²) in [5.74, 6) is 0. The highest BCUT2D eigenvalue weighted by molar-refractivity contribution is 6.07. The van der Waals surface area contributed by atoms with Gasteiger partial charge in [0.2, 0.25) is 0 Å². The lowest BCUT2D eigenvalue weighted by molar-refractivity contribution is 1.22. The van der Waals surface area contributed by atoms with Crippen LogP contribution in [0.25, 0.3) is 167 Å². The molecule has 0 spiro atoms. The van der Waals surface area contributed by atoms with Crippen molar-refractivity contribution in [2.24, 2.45) is 0 Å². The Morgan fingerprint density at radius 2 is 0.587 bits per heavy atom. The fourth-order valence-corrected chi connectivity index (χ4v) is 12.7. The van der Waals surface area contributed by atoms with Crippen LogP contribution in [0.2, 0.25) is 0 Å². The van der Waals surface area contributed by atoms with Crippen LogP contribution >= 0.6 is 0 Å². The van der Waals surface area contributed by atoms with E-state index in [1.54, 1.807) is 18.6 Å². The molecule has 6 heterocycles. The number of hydrogen-bond donors (Lipinski definition) is 0. The van der Waals surface area contributed by atoms with Gasteiger partial charge in [-0.2, -0.15) is 10.5 Å². The first-order chi connectivity index (χ1) is 45.4. The van der Waals surface area contributed by atoms with Gasteiger partial charge in [0.15, 0.2) is 0 Å². The highest BCUT2D eigenvalue weighted by atomic mass is 14.8. The summed E-state index contributed by atoms with van der Waals surface area (Å²) in [6, 6.07) is 101. The molecule has 0 saturated heterocycles. The summed E-state index contributed by atoms with van der Waals surface area (Å²) in [6.07, 6.45) is 7.33. The van der Waals surface area contributed by atoms with E-state index in [-0.39, 0.29) is 0 Å². The van der Waals surface area contributed by atoms with Crippen molar-refractivity contribution in [1.29, 1.82) is 10.5 Å². The summed E-state index contributed by atoms with van der Waals surface area (Å²) < 4.78 is 0. The summed E-state index contributed by atoms with van der Waals surface area (Å²) in [6.45, 7) is 0. The van der Waals surface area contributed by atoms with Crippen LogP contribution in [0.3, 0.4) is 0 Å². The fraction of sp³-hybridized carbons (Fsp3) is 0. The van der Waals surface area contributed by atoms with E-state index in [1.165, 1.54) is 0 Å². The Morgan fingerprint density at radius 1 is 0.228 bits per heavy atom. The summed E-state index contributed by atoms with van der Waals surface area (Å²) in [7, 11) is 0. The van der Waals surface area contributed by atoms with Crippen molar-refractivity contribution in [3.63, 3.8) is 0 Å². The van der Waals surface area contributed by atoms with E-state index >= 15 is 0 Å². The standard InChI is InChI=1S/C84H50N8/c85-50-53-14-18-57(19-15-53)83-71-10-2-1-9-55(71)32-35-72(83)67-31-30-61-43-65(29-27-63(61)44-67)70-48-81(77-13-5-8-40-89-77)92-82(49-70)78-37-34-68(52-90-78)73-36-33-56-22-23-66(45-74(56)84(73)58-20-16-54(51-86)17-21-58)62-25-24-60-42-64(28-26-59(60)41-62)69-46-79(75-11-3-6-38-87-75)91-80(47-69)76-12-4-7-39-88-76/h1-49,52H. The summed E-state index contributed by atoms with van der Waals surface area (Å²) in [5.41, 5.74) is 22.1. The maximum Gasteiger partial charge on any atom is 0.0991 e. The smallest absolute Gasteiger partial charge is 0.0991 e. The number of benzene rings is 10. The molecule has 10 aromatic carbocycles. The molecule has 0 aliphatic heterocycles. The van der Waals surface area contributed by atoms with E-state index in [4.69, 9.17) is 19.9 Å². The summed E-state index contributed by atoms with van der Waals surface area (Å²) in [5, 5.41) is 28.4. The Bertz CT molecular complexity index is 5570. The third-order valence-electron chi connectivity index (χ3n) is 17.3. The van der Waals surface area contributed by atoms with Gasteiger partial charge in [-0.05, 0) is 237 Å². The lowest BCUT2D eigenvalue weighted by Gasteiger charge is -2.16. The van der Waals surface area contributed by atoms with Crippen molar-refractivity contribution in [2.75, 3.05) is 0 Å². The first-order valence-corrected chi connectivity index (χ1v) is 30.4. The molecular weight excluding hydrogens is 1120 g/mol. The van der Waals surface area contributed by atoms with Crippen molar-refractivity contribution >= 4 is 43.1 Å². The number of nitriles is 2. The van der Waals surface area contributed by atoms with Gasteiger partial charge in [-0.25, -0.2) is 9.97 Å². The minimum atomic E-state index is 0.595. The normalized spacial score (nSPS) is 11.2. The maximum absolute atomic E-state index is 9.89. The maximum atomic E-state index is 9.89. The predicted molar refractivity (Wildman–Crippen MR) is 372 cm³/mol. The Morgan fingerprint density at radius 3 is 1.04 bits per heavy atom. The molecule has 0 aliphatic carbocycles. The monoisotopic (exact) mass is 1170 g/mol. The van der Waals surface area contributed by atoms with Crippen LogP contribution in [0.1, 0.15) is 11.1 Å². The number of rotatable bonds is 11. The first kappa shape index (κ1) is 54.5. The zero-order chi connectivity index (χ0) is 61.5. The molecule has 92 heavy (non-hydrogen) atoms. The number of pyridine rings is 6. The quantitative estimate of drug-likeness (QED) is 0.125. The van der Waals surface area contributed by atoms with Gasteiger partial charge in [-0.3, -0.25) is 19.9 Å². The van der Waals surface area contributed by atoms with Crippen LogP contribution in [0.5, 0.6) is 0 Å². The number of fused-ring (bicyclic) bond motifs is 4. The Kier molecular flexibility index (Phi) is 13.8. The Balaban J connectivity index is 0.741. The third-order valence-corrected chi connectivity index (χ3v) is 17.3. The molecule has 6 aromatic heterocycles. The first-order valence-electron chi connectivity index (χ1n) is 30.4. The molecule has 0 atom stereocenters. The second-order valence-electron chi connectivity index (χ2n) is 22.9. The van der Waals surface area contributed by atoms with E-state index in [0.717, 1.165) is 167 Å². The zero-order valence-electron chi connectivity index (χ0n) is 49.4. The Hall–Kier alpha value is -12.9. The molecule has 0 bridgehead atoms. The SMILES string of the molecule is N#Cc1ccc(-c2c(-c3ccc4cc(-c5cc(-c6ccccn6)nc(-c6ccc(-c7ccc8ccc(-c9ccc%10cc(-c%11cc(-c%12ccccn%12)nc(-c%12ccccn%12)c%11)ccc%10c9)cc8c7-c7ccc(C#N)cc7)cn6)c5)ccc4c3)ccc3ccccc23)cc1. The topological polar surface area (TPSA) is 125 Å². The molecule has 0 radical (unpaired) electrons. The molecule has 426 valence electrons. The van der Waals surface area contributed by atoms with Crippen molar-refractivity contribution in [2.45, 2.75) is 0 Å². The molecule has 16 aromatic rings. The number of hydrogen-bond acceptors (Lipinski definition) is 8. The van der Waals surface area contributed by atoms with Crippen molar-refractivity contribution in [1.82, 2.24) is 29.9 Å². The van der Waals surface area contributed by atoms with Gasteiger partial charge in [0.25, 0.3) is 0 Å². The Labute approximate surface area is 531 Å². The molecule has 8 nitrogen and oxygen atoms in total. The van der Waals surface area contributed by atoms with Crippen LogP contribution in [0, 0.1) is 22.7 Å². The average molecular weight is 1170 g/mol. The van der Waals surface area contributed by atoms with Gasteiger partial charge in [0.05, 0.1) is 68.8 Å². The minimum absolute atomic E-state index is 0.595. The van der Waals surface area contributed by atoms with Gasteiger partial charge in [0.1, 0.15) is 0 Å². The predicted octanol–water partition coefficient (Wildman–Crippen LogP) is 20.7. The molecule has 0 aliphatic rings. The van der Waals surface area contributed by atoms with Crippen molar-refractivity contribution < 1.29 is 0 Å². The van der Waals surface area contributed by atoms with Crippen LogP contribution < -0.4 is 0 Å². The van der Waals surface area contributed by atoms with Crippen LogP contribution in [0.4, 0.5) is 0 Å². The second kappa shape index (κ2) is 23.3. The zero-order valence-corrected chi connectivity index (χ0v) is 49.4. The van der Waals surface area contributed by atoms with Crippen molar-refractivity contribution in [3.8, 4) is 136 Å². The highest BCUT2D eigenvalue weighted by Crippen LogP contribution is 2.43. The molecule has 0 N–H and O–H groups in total. The van der Waals surface area contributed by atoms with Crippen LogP contribution in [-0.4, -0.2) is 29.9 Å². The van der Waals surface area contributed by atoms with Crippen LogP contribution in [0.15, 0.2) is 304 Å². The lowest BCUT2D eigenvalue weighted by Crippen LogP contribution is -1.95. The molecule has 8 heteroatoms. The molecular formula is C84H50N8. The fourth-order valence-electron chi connectivity index (χ4n) is 12.7. The molecule has 0 saturated carbocycles. The molecule has 0 fully saturated rings. The van der Waals surface area contributed by atoms with E-state index in [0.29, 0.717) is 11.1 Å². The molecule has 0 amide bonds. The van der Waals surface area contributed by atoms with E-state index < -0.39 is 0 Å². The summed E-state index contributed by atoms with van der Waals surface area (Å²) in [4.78, 5) is 29.4. The average Bonchev–Trinajstić information content (AvgIpc) is 0.791. The van der Waals surface area contributed by atoms with E-state index in [1.807, 2.05) is 109 Å². The van der Waals surface area contributed by atoms with Gasteiger partial charge < -0.3 is 0 Å². The van der Waals surface area contributed by atoms with Crippen LogP contribution in [-0.2, 0) is 0 Å². The second-order valence-corrected chi connectivity index (χ2v) is 22.9. The number of nitrogens with zero attached hydrogens (tertiary/aromatic N) is 8. The van der Waals surface area contributed by atoms with E-state index in [2.05, 4.69) is 198 Å². The van der Waals surface area contributed by atoms with Gasteiger partial charge in [0, 0.05) is 30.4 Å². The largest absolute Gasteiger partial charge is 0.255 e. The number of aromatic nitrogens is 6. The van der Waals surface area contributed by atoms with Gasteiger partial charge >= 0.3 is 0 Å². The summed E-state index contributed by atoms with van der Waals surface area (Å²) >= 11 is 0. The highest BCUT2D eigenvalue weighted by Gasteiger charge is 2.19. The minimum Gasteiger partial charge on any atom is -0.255 e. The van der Waals surface area contributed by atoms with Gasteiger partial charge in [-0.15, -0.1) is 0 Å². The molecule has 0 unspecified atom stereocenters. The lowest BCUT2D eigenvalue weighted by atomic mass is 9.88. The molecule has 16 rings (SSSR count). The van der Waals surface area contributed by atoms with E-state index in [9.17, 15) is 10.5 Å². The van der Waals surface area contributed by atoms with Crippen molar-refractivity contribution in [3.05, 3.63) is 315 Å².